The Balaban J connectivity index is 2.53. The molecule has 5 heteroatoms. The quantitative estimate of drug-likeness (QED) is 0.508. The molecular weight excluding hydrogens is 200 g/mol. The lowest BCUT2D eigenvalue weighted by Gasteiger charge is -2.34. The molecule has 82 valence electrons. The van der Waals surface area contributed by atoms with Crippen LogP contribution in [0.4, 0.5) is 17.6 Å². The first kappa shape index (κ1) is 11.5. The van der Waals surface area contributed by atoms with Crippen molar-refractivity contribution in [3.63, 3.8) is 0 Å². The van der Waals surface area contributed by atoms with Crippen molar-refractivity contribution in [3.8, 4) is 0 Å². The van der Waals surface area contributed by atoms with Gasteiger partial charge >= 0.3 is 6.18 Å². The van der Waals surface area contributed by atoms with Crippen molar-refractivity contribution in [2.24, 2.45) is 5.92 Å². The van der Waals surface area contributed by atoms with Crippen LogP contribution in [0.5, 0.6) is 0 Å². The van der Waals surface area contributed by atoms with Crippen molar-refractivity contribution in [3.05, 3.63) is 0 Å². The molecule has 0 heterocycles. The van der Waals surface area contributed by atoms with Crippen LogP contribution in [-0.2, 0) is 4.79 Å². The van der Waals surface area contributed by atoms with Gasteiger partial charge in [-0.2, -0.15) is 13.2 Å². The van der Waals surface area contributed by atoms with E-state index in [1.165, 1.54) is 0 Å². The highest BCUT2D eigenvalue weighted by Gasteiger charge is 2.56. The highest BCUT2D eigenvalue weighted by atomic mass is 19.4. The third-order valence-electron chi connectivity index (χ3n) is 2.84. The average molecular weight is 212 g/mol. The minimum Gasteiger partial charge on any atom is -0.303 e. The van der Waals surface area contributed by atoms with Gasteiger partial charge in [0.25, 0.3) is 0 Å². The fraction of sp³-hybridized carbons (Fsp3) is 0.889. The Labute approximate surface area is 79.5 Å². The van der Waals surface area contributed by atoms with Crippen molar-refractivity contribution >= 4 is 6.29 Å². The minimum absolute atomic E-state index is 0.0706. The predicted octanol–water partition coefficient (Wildman–Crippen LogP) is 3.04. The van der Waals surface area contributed by atoms with Crippen LogP contribution in [0, 0.1) is 5.92 Å². The SMILES string of the molecule is O=CCC1CCC(F)(C(F)(F)F)CC1. The highest BCUT2D eigenvalue weighted by Crippen LogP contribution is 2.46. The highest BCUT2D eigenvalue weighted by molar-refractivity contribution is 5.49. The van der Waals surface area contributed by atoms with Crippen molar-refractivity contribution < 1.29 is 22.4 Å². The van der Waals surface area contributed by atoms with Crippen molar-refractivity contribution in [1.82, 2.24) is 0 Å². The Bertz CT molecular complexity index is 203. The van der Waals surface area contributed by atoms with Gasteiger partial charge in [0.1, 0.15) is 6.29 Å². The van der Waals surface area contributed by atoms with Gasteiger partial charge in [-0.05, 0) is 31.6 Å². The normalized spacial score (nSPS) is 34.1. The number of alkyl halides is 4. The summed E-state index contributed by atoms with van der Waals surface area (Å²) in [6.45, 7) is 0. The molecule has 0 aromatic rings. The third kappa shape index (κ3) is 2.25. The van der Waals surface area contributed by atoms with Gasteiger partial charge < -0.3 is 4.79 Å². The van der Waals surface area contributed by atoms with E-state index in [0.717, 1.165) is 0 Å². The van der Waals surface area contributed by atoms with E-state index in [1.807, 2.05) is 0 Å². The molecule has 1 aliphatic carbocycles. The molecule has 1 nitrogen and oxygen atoms in total. The maximum atomic E-state index is 13.3. The molecule has 0 aliphatic heterocycles. The molecule has 0 bridgehead atoms. The molecule has 0 amide bonds. The molecule has 0 N–H and O–H groups in total. The summed E-state index contributed by atoms with van der Waals surface area (Å²) in [5, 5.41) is 0. The van der Waals surface area contributed by atoms with Gasteiger partial charge in [0.2, 0.25) is 5.67 Å². The Hall–Kier alpha value is -0.610. The number of hydrogen-bond acceptors (Lipinski definition) is 1. The molecular formula is C9H12F4O. The minimum atomic E-state index is -4.76. The summed E-state index contributed by atoms with van der Waals surface area (Å²) in [7, 11) is 0. The zero-order valence-electron chi connectivity index (χ0n) is 7.61. The molecule has 0 unspecified atom stereocenters. The molecule has 0 spiro atoms. The maximum Gasteiger partial charge on any atom is 0.422 e. The number of aldehydes is 1. The van der Waals surface area contributed by atoms with Gasteiger partial charge in [-0.25, -0.2) is 4.39 Å². The van der Waals surface area contributed by atoms with Crippen LogP contribution < -0.4 is 0 Å². The van der Waals surface area contributed by atoms with E-state index in [1.54, 1.807) is 0 Å². The van der Waals surface area contributed by atoms with E-state index in [2.05, 4.69) is 0 Å². The van der Waals surface area contributed by atoms with E-state index in [0.29, 0.717) is 6.29 Å². The van der Waals surface area contributed by atoms with Crippen molar-refractivity contribution in [2.75, 3.05) is 0 Å². The molecule has 0 radical (unpaired) electrons. The zero-order valence-corrected chi connectivity index (χ0v) is 7.61. The summed E-state index contributed by atoms with van der Waals surface area (Å²) >= 11 is 0. The van der Waals surface area contributed by atoms with Crippen LogP contribution in [0.3, 0.4) is 0 Å². The number of rotatable bonds is 2. The zero-order chi connectivity index (χ0) is 10.8. The molecule has 14 heavy (non-hydrogen) atoms. The van der Waals surface area contributed by atoms with Crippen molar-refractivity contribution in [1.29, 1.82) is 0 Å². The van der Waals surface area contributed by atoms with Gasteiger partial charge in [0, 0.05) is 6.42 Å². The van der Waals surface area contributed by atoms with E-state index in [9.17, 15) is 22.4 Å². The number of carbonyl (C=O) groups excluding carboxylic acids is 1. The van der Waals surface area contributed by atoms with Gasteiger partial charge in [0.15, 0.2) is 0 Å². The molecule has 0 atom stereocenters. The van der Waals surface area contributed by atoms with E-state index in [-0.39, 0.29) is 25.2 Å². The van der Waals surface area contributed by atoms with Crippen LogP contribution >= 0.6 is 0 Å². The summed E-state index contributed by atoms with van der Waals surface area (Å²) < 4.78 is 49.9. The topological polar surface area (TPSA) is 17.1 Å². The van der Waals surface area contributed by atoms with E-state index in [4.69, 9.17) is 0 Å². The molecule has 1 saturated carbocycles. The molecule has 0 aromatic heterocycles. The van der Waals surface area contributed by atoms with E-state index < -0.39 is 24.7 Å². The summed E-state index contributed by atoms with van der Waals surface area (Å²) in [5.41, 5.74) is -3.02. The van der Waals surface area contributed by atoms with Gasteiger partial charge in [-0.1, -0.05) is 0 Å². The van der Waals surface area contributed by atoms with Crippen LogP contribution in [-0.4, -0.2) is 18.1 Å². The fourth-order valence-electron chi connectivity index (χ4n) is 1.79. The van der Waals surface area contributed by atoms with Gasteiger partial charge in [0.05, 0.1) is 0 Å². The maximum absolute atomic E-state index is 13.3. The average Bonchev–Trinajstić information content (AvgIpc) is 2.08. The lowest BCUT2D eigenvalue weighted by Crippen LogP contribution is -2.43. The number of hydrogen-bond donors (Lipinski definition) is 0. The second-order valence-corrected chi connectivity index (χ2v) is 3.81. The van der Waals surface area contributed by atoms with Gasteiger partial charge in [-0.3, -0.25) is 0 Å². The summed E-state index contributed by atoms with van der Waals surface area (Å²) in [6.07, 6.45) is -4.55. The van der Waals surface area contributed by atoms with Crippen molar-refractivity contribution in [2.45, 2.75) is 43.9 Å². The third-order valence-corrected chi connectivity index (χ3v) is 2.84. The fourth-order valence-corrected chi connectivity index (χ4v) is 1.79. The van der Waals surface area contributed by atoms with Crippen LogP contribution in [0.15, 0.2) is 0 Å². The largest absolute Gasteiger partial charge is 0.422 e. The first-order valence-corrected chi connectivity index (χ1v) is 4.58. The number of carbonyl (C=O) groups is 1. The summed E-state index contributed by atoms with van der Waals surface area (Å²) in [4.78, 5) is 10.1. The second-order valence-electron chi connectivity index (χ2n) is 3.81. The van der Waals surface area contributed by atoms with Crippen LogP contribution in [0.25, 0.3) is 0 Å². The molecule has 1 rings (SSSR count). The molecule has 0 saturated heterocycles. The second kappa shape index (κ2) is 3.87. The Kier molecular flexibility index (Phi) is 3.17. The summed E-state index contributed by atoms with van der Waals surface area (Å²) in [6, 6.07) is 0. The first-order chi connectivity index (χ1) is 6.39. The number of halogens is 4. The monoisotopic (exact) mass is 212 g/mol. The smallest absolute Gasteiger partial charge is 0.303 e. The standard InChI is InChI=1S/C9H12F4O/c10-8(9(11,12)13)4-1-7(2-5-8)3-6-14/h6-7H,1-5H2. The van der Waals surface area contributed by atoms with Crippen LogP contribution in [0.2, 0.25) is 0 Å². The summed E-state index contributed by atoms with van der Waals surface area (Å²) in [5.74, 6) is -0.0706. The Morgan fingerprint density at radius 3 is 2.14 bits per heavy atom. The lowest BCUT2D eigenvalue weighted by atomic mass is 9.78. The molecule has 1 fully saturated rings. The van der Waals surface area contributed by atoms with E-state index >= 15 is 0 Å². The van der Waals surface area contributed by atoms with Gasteiger partial charge in [-0.15, -0.1) is 0 Å². The van der Waals surface area contributed by atoms with Crippen LogP contribution in [0.1, 0.15) is 32.1 Å². The Morgan fingerprint density at radius 2 is 1.79 bits per heavy atom. The lowest BCUT2D eigenvalue weighted by molar-refractivity contribution is -0.241. The molecule has 1 aliphatic rings. The molecule has 0 aromatic carbocycles. The Morgan fingerprint density at radius 1 is 1.29 bits per heavy atom. The first-order valence-electron chi connectivity index (χ1n) is 4.58. The predicted molar refractivity (Wildman–Crippen MR) is 42.5 cm³/mol.